The quantitative estimate of drug-likeness (QED) is 0.648. The smallest absolute Gasteiger partial charge is 0.0478 e. The van der Waals surface area contributed by atoms with Crippen molar-refractivity contribution >= 4 is 17.4 Å². The molecular weight excluding hydrogens is 168 g/mol. The van der Waals surface area contributed by atoms with Crippen LogP contribution >= 0.6 is 11.8 Å². The third-order valence-electron chi connectivity index (χ3n) is 1.78. The molecular formula is C9H14N2S. The second-order valence-corrected chi connectivity index (χ2v) is 3.76. The molecule has 0 aromatic heterocycles. The average Bonchev–Trinajstić information content (AvgIpc) is 2.28. The molecule has 66 valence electrons. The predicted octanol–water partition coefficient (Wildman–Crippen LogP) is 2.76. The van der Waals surface area contributed by atoms with Gasteiger partial charge in [0.1, 0.15) is 0 Å². The number of anilines is 1. The average molecular weight is 182 g/mol. The predicted molar refractivity (Wildman–Crippen MR) is 55.3 cm³/mol. The first kappa shape index (κ1) is 9.42. The van der Waals surface area contributed by atoms with E-state index >= 15 is 0 Å². The summed E-state index contributed by atoms with van der Waals surface area (Å²) >= 11 is 1.95. The van der Waals surface area contributed by atoms with Crippen molar-refractivity contribution in [3.05, 3.63) is 24.3 Å². The molecule has 0 amide bonds. The number of nitrogens with one attached hydrogen (secondary N) is 1. The van der Waals surface area contributed by atoms with Crippen LogP contribution in [0.2, 0.25) is 0 Å². The Balaban J connectivity index is 0.000000720. The molecule has 12 heavy (non-hydrogen) atoms. The van der Waals surface area contributed by atoms with Crippen molar-refractivity contribution in [2.75, 3.05) is 17.6 Å². The largest absolute Gasteiger partial charge is 0.384 e. The van der Waals surface area contributed by atoms with Crippen LogP contribution in [0.5, 0.6) is 0 Å². The van der Waals surface area contributed by atoms with Gasteiger partial charge in [-0.05, 0) is 24.3 Å². The van der Waals surface area contributed by atoms with E-state index in [0.29, 0.717) is 0 Å². The summed E-state index contributed by atoms with van der Waals surface area (Å²) in [6.07, 6.45) is 1.26. The Morgan fingerprint density at radius 3 is 3.00 bits per heavy atom. The van der Waals surface area contributed by atoms with Gasteiger partial charge < -0.3 is 11.5 Å². The summed E-state index contributed by atoms with van der Waals surface area (Å²) in [5.41, 5.74) is 1.30. The van der Waals surface area contributed by atoms with E-state index in [1.54, 1.807) is 0 Å². The Labute approximate surface area is 77.3 Å². The second-order valence-electron chi connectivity index (χ2n) is 2.62. The van der Waals surface area contributed by atoms with Gasteiger partial charge in [0.2, 0.25) is 0 Å². The maximum absolute atomic E-state index is 3.40. The highest BCUT2D eigenvalue weighted by Gasteiger charge is 2.04. The summed E-state index contributed by atoms with van der Waals surface area (Å²) < 4.78 is 0. The third kappa shape index (κ3) is 1.93. The Hall–Kier alpha value is -0.670. The number of fused-ring (bicyclic) bond motifs is 1. The van der Waals surface area contributed by atoms with Crippen LogP contribution in [0.15, 0.2) is 29.2 Å². The van der Waals surface area contributed by atoms with Crippen LogP contribution in [0.4, 0.5) is 5.69 Å². The molecule has 1 aromatic carbocycles. The Bertz CT molecular complexity index is 225. The van der Waals surface area contributed by atoms with E-state index in [2.05, 4.69) is 29.6 Å². The van der Waals surface area contributed by atoms with Gasteiger partial charge in [-0.15, -0.1) is 11.8 Å². The van der Waals surface area contributed by atoms with Crippen LogP contribution in [0.25, 0.3) is 0 Å². The number of para-hydroxylation sites is 1. The maximum Gasteiger partial charge on any atom is 0.0478 e. The van der Waals surface area contributed by atoms with Gasteiger partial charge in [0.05, 0.1) is 0 Å². The van der Waals surface area contributed by atoms with Crippen molar-refractivity contribution in [1.29, 1.82) is 0 Å². The normalized spacial score (nSPS) is 15.0. The first-order valence-corrected chi connectivity index (χ1v) is 4.91. The van der Waals surface area contributed by atoms with Crippen LogP contribution in [-0.4, -0.2) is 12.3 Å². The summed E-state index contributed by atoms with van der Waals surface area (Å²) in [5.74, 6) is 1.24. The molecule has 0 spiro atoms. The molecule has 0 unspecified atom stereocenters. The molecule has 0 aliphatic carbocycles. The molecule has 0 atom stereocenters. The summed E-state index contributed by atoms with van der Waals surface area (Å²) in [6, 6.07) is 8.50. The molecule has 1 aliphatic rings. The minimum atomic E-state index is 0. The SMILES string of the molecule is N.c1ccc2c(c1)NCCCS2. The molecule has 1 aliphatic heterocycles. The van der Waals surface area contributed by atoms with Crippen molar-refractivity contribution in [1.82, 2.24) is 6.15 Å². The van der Waals surface area contributed by atoms with Gasteiger partial charge >= 0.3 is 0 Å². The zero-order valence-corrected chi connectivity index (χ0v) is 7.86. The van der Waals surface area contributed by atoms with Crippen LogP contribution in [0, 0.1) is 0 Å². The molecule has 4 N–H and O–H groups in total. The first-order valence-electron chi connectivity index (χ1n) is 3.92. The van der Waals surface area contributed by atoms with Gasteiger partial charge in [0, 0.05) is 17.1 Å². The van der Waals surface area contributed by atoms with Crippen molar-refractivity contribution in [3.8, 4) is 0 Å². The summed E-state index contributed by atoms with van der Waals surface area (Å²) in [5, 5.41) is 3.40. The molecule has 0 saturated heterocycles. The zero-order valence-electron chi connectivity index (χ0n) is 7.05. The maximum atomic E-state index is 3.40. The standard InChI is InChI=1S/C9H11NS.H3N/c1-2-5-9-8(4-1)10-6-3-7-11-9;/h1-2,4-5,10H,3,6-7H2;1H3. The highest BCUT2D eigenvalue weighted by molar-refractivity contribution is 7.99. The van der Waals surface area contributed by atoms with Gasteiger partial charge in [-0.2, -0.15) is 0 Å². The van der Waals surface area contributed by atoms with Gasteiger partial charge in [-0.3, -0.25) is 0 Å². The molecule has 0 saturated carbocycles. The lowest BCUT2D eigenvalue weighted by Crippen LogP contribution is -1.99. The van der Waals surface area contributed by atoms with E-state index in [1.165, 1.54) is 22.8 Å². The second kappa shape index (κ2) is 4.38. The Morgan fingerprint density at radius 1 is 1.25 bits per heavy atom. The monoisotopic (exact) mass is 182 g/mol. The van der Waals surface area contributed by atoms with Gasteiger partial charge in [-0.1, -0.05) is 12.1 Å². The fourth-order valence-corrected chi connectivity index (χ4v) is 2.19. The fourth-order valence-electron chi connectivity index (χ4n) is 1.22. The van der Waals surface area contributed by atoms with Crippen LogP contribution in [-0.2, 0) is 0 Å². The fraction of sp³-hybridized carbons (Fsp3) is 0.333. The minimum absolute atomic E-state index is 0. The van der Waals surface area contributed by atoms with Crippen LogP contribution in [0.1, 0.15) is 6.42 Å². The van der Waals surface area contributed by atoms with E-state index in [4.69, 9.17) is 0 Å². The van der Waals surface area contributed by atoms with Crippen LogP contribution in [0.3, 0.4) is 0 Å². The molecule has 0 radical (unpaired) electrons. The summed E-state index contributed by atoms with van der Waals surface area (Å²) in [6.45, 7) is 1.12. The molecule has 2 nitrogen and oxygen atoms in total. The van der Waals surface area contributed by atoms with E-state index < -0.39 is 0 Å². The zero-order chi connectivity index (χ0) is 7.52. The lowest BCUT2D eigenvalue weighted by atomic mass is 10.3. The van der Waals surface area contributed by atoms with Gasteiger partial charge in [-0.25, -0.2) is 0 Å². The lowest BCUT2D eigenvalue weighted by Gasteiger charge is -2.04. The molecule has 2 rings (SSSR count). The molecule has 0 fully saturated rings. The Morgan fingerprint density at radius 2 is 2.08 bits per heavy atom. The van der Waals surface area contributed by atoms with E-state index in [1.807, 2.05) is 11.8 Å². The topological polar surface area (TPSA) is 47.0 Å². The third-order valence-corrected chi connectivity index (χ3v) is 2.94. The molecule has 3 heteroatoms. The first-order chi connectivity index (χ1) is 5.47. The van der Waals surface area contributed by atoms with Crippen molar-refractivity contribution in [3.63, 3.8) is 0 Å². The van der Waals surface area contributed by atoms with E-state index in [9.17, 15) is 0 Å². The Kier molecular flexibility index (Phi) is 3.44. The molecule has 1 aromatic rings. The number of rotatable bonds is 0. The number of thioether (sulfide) groups is 1. The van der Waals surface area contributed by atoms with Gasteiger partial charge in [0.25, 0.3) is 0 Å². The van der Waals surface area contributed by atoms with E-state index in [0.717, 1.165) is 6.54 Å². The highest BCUT2D eigenvalue weighted by atomic mass is 32.2. The molecule has 1 heterocycles. The minimum Gasteiger partial charge on any atom is -0.384 e. The highest BCUT2D eigenvalue weighted by Crippen LogP contribution is 2.29. The number of hydrogen-bond acceptors (Lipinski definition) is 3. The van der Waals surface area contributed by atoms with Crippen molar-refractivity contribution in [2.45, 2.75) is 11.3 Å². The lowest BCUT2D eigenvalue weighted by molar-refractivity contribution is 0.999. The van der Waals surface area contributed by atoms with Crippen LogP contribution < -0.4 is 11.5 Å². The summed E-state index contributed by atoms with van der Waals surface area (Å²) in [7, 11) is 0. The number of benzene rings is 1. The van der Waals surface area contributed by atoms with E-state index in [-0.39, 0.29) is 6.15 Å². The molecule has 0 bridgehead atoms. The van der Waals surface area contributed by atoms with Crippen molar-refractivity contribution < 1.29 is 0 Å². The number of hydrogen-bond donors (Lipinski definition) is 2. The van der Waals surface area contributed by atoms with Gasteiger partial charge in [0.15, 0.2) is 0 Å². The van der Waals surface area contributed by atoms with Crippen molar-refractivity contribution in [2.24, 2.45) is 0 Å². The summed E-state index contributed by atoms with van der Waals surface area (Å²) in [4.78, 5) is 1.39.